The van der Waals surface area contributed by atoms with Gasteiger partial charge in [0.2, 0.25) is 0 Å². The SMILES string of the molecule is CN(C)C(=O)c1ccc(C[NH+]2CCc3ccccc3C2)cc1. The Morgan fingerprint density at radius 1 is 1.05 bits per heavy atom. The highest BCUT2D eigenvalue weighted by Crippen LogP contribution is 2.11. The van der Waals surface area contributed by atoms with E-state index >= 15 is 0 Å². The van der Waals surface area contributed by atoms with Crippen LogP contribution < -0.4 is 4.90 Å². The first-order valence-electron chi connectivity index (χ1n) is 7.84. The van der Waals surface area contributed by atoms with Gasteiger partial charge in [0.15, 0.2) is 0 Å². The summed E-state index contributed by atoms with van der Waals surface area (Å²) in [5.74, 6) is 0.0609. The van der Waals surface area contributed by atoms with E-state index in [0.717, 1.165) is 25.1 Å². The lowest BCUT2D eigenvalue weighted by molar-refractivity contribution is -0.929. The molecule has 22 heavy (non-hydrogen) atoms. The fourth-order valence-corrected chi connectivity index (χ4v) is 3.11. The molecular weight excluding hydrogens is 272 g/mol. The van der Waals surface area contributed by atoms with Crippen molar-refractivity contribution in [3.63, 3.8) is 0 Å². The molecule has 0 saturated heterocycles. The third-order valence-electron chi connectivity index (χ3n) is 4.37. The maximum atomic E-state index is 11.9. The van der Waals surface area contributed by atoms with Crippen molar-refractivity contribution in [1.29, 1.82) is 0 Å². The van der Waals surface area contributed by atoms with Gasteiger partial charge in [-0.15, -0.1) is 0 Å². The van der Waals surface area contributed by atoms with E-state index in [2.05, 4.69) is 36.4 Å². The summed E-state index contributed by atoms with van der Waals surface area (Å²) in [6, 6.07) is 16.8. The van der Waals surface area contributed by atoms with Crippen molar-refractivity contribution in [2.75, 3.05) is 20.6 Å². The Hall–Kier alpha value is -2.13. The van der Waals surface area contributed by atoms with Gasteiger partial charge >= 0.3 is 0 Å². The van der Waals surface area contributed by atoms with Crippen LogP contribution in [-0.4, -0.2) is 31.4 Å². The monoisotopic (exact) mass is 295 g/mol. The number of carbonyl (C=O) groups excluding carboxylic acids is 1. The minimum absolute atomic E-state index is 0.0609. The molecule has 0 fully saturated rings. The van der Waals surface area contributed by atoms with Crippen LogP contribution in [0, 0.1) is 0 Å². The summed E-state index contributed by atoms with van der Waals surface area (Å²) < 4.78 is 0. The Morgan fingerprint density at radius 2 is 1.73 bits per heavy atom. The summed E-state index contributed by atoms with van der Waals surface area (Å²) in [5.41, 5.74) is 5.03. The van der Waals surface area contributed by atoms with E-state index in [1.807, 2.05) is 12.1 Å². The number of hydrogen-bond donors (Lipinski definition) is 1. The minimum Gasteiger partial charge on any atom is -0.345 e. The zero-order chi connectivity index (χ0) is 15.5. The van der Waals surface area contributed by atoms with Gasteiger partial charge in [-0.1, -0.05) is 36.4 Å². The molecule has 1 atom stereocenters. The average Bonchev–Trinajstić information content (AvgIpc) is 2.55. The Morgan fingerprint density at radius 3 is 2.41 bits per heavy atom. The molecular formula is C19H23N2O+. The minimum atomic E-state index is 0.0609. The Balaban J connectivity index is 1.66. The summed E-state index contributed by atoms with van der Waals surface area (Å²) in [4.78, 5) is 15.1. The van der Waals surface area contributed by atoms with E-state index < -0.39 is 0 Å². The van der Waals surface area contributed by atoms with Crippen LogP contribution in [0.5, 0.6) is 0 Å². The fraction of sp³-hybridized carbons (Fsp3) is 0.316. The summed E-state index contributed by atoms with van der Waals surface area (Å²) in [5, 5.41) is 0. The standard InChI is InChI=1S/C19H22N2O/c1-20(2)19(22)17-9-7-15(8-10-17)13-21-12-11-16-5-3-4-6-18(16)14-21/h3-10H,11-14H2,1-2H3/p+1. The molecule has 0 aromatic heterocycles. The Kier molecular flexibility index (Phi) is 4.25. The molecule has 2 aromatic rings. The molecule has 0 saturated carbocycles. The predicted molar refractivity (Wildman–Crippen MR) is 87.8 cm³/mol. The highest BCUT2D eigenvalue weighted by molar-refractivity contribution is 5.93. The first-order valence-corrected chi connectivity index (χ1v) is 7.84. The van der Waals surface area contributed by atoms with Gasteiger partial charge in [0, 0.05) is 37.2 Å². The van der Waals surface area contributed by atoms with Gasteiger partial charge < -0.3 is 9.80 Å². The van der Waals surface area contributed by atoms with Gasteiger partial charge in [0.05, 0.1) is 6.54 Å². The second kappa shape index (κ2) is 6.32. The van der Waals surface area contributed by atoms with Gasteiger partial charge in [0.1, 0.15) is 13.1 Å². The number of hydrogen-bond acceptors (Lipinski definition) is 1. The van der Waals surface area contributed by atoms with E-state index in [1.54, 1.807) is 23.9 Å². The van der Waals surface area contributed by atoms with Crippen LogP contribution in [-0.2, 0) is 19.5 Å². The molecule has 1 heterocycles. The van der Waals surface area contributed by atoms with Crippen LogP contribution in [0.15, 0.2) is 48.5 Å². The topological polar surface area (TPSA) is 24.8 Å². The van der Waals surface area contributed by atoms with Gasteiger partial charge in [-0.2, -0.15) is 0 Å². The van der Waals surface area contributed by atoms with Gasteiger partial charge in [0.25, 0.3) is 5.91 Å². The van der Waals surface area contributed by atoms with Gasteiger partial charge in [-0.25, -0.2) is 0 Å². The van der Waals surface area contributed by atoms with Crippen molar-refractivity contribution in [2.45, 2.75) is 19.5 Å². The average molecular weight is 295 g/mol. The third-order valence-corrected chi connectivity index (χ3v) is 4.37. The first kappa shape index (κ1) is 14.8. The molecule has 0 radical (unpaired) electrons. The largest absolute Gasteiger partial charge is 0.345 e. The molecule has 0 aliphatic carbocycles. The van der Waals surface area contributed by atoms with E-state index in [4.69, 9.17) is 0 Å². The van der Waals surface area contributed by atoms with E-state index in [1.165, 1.54) is 23.2 Å². The van der Waals surface area contributed by atoms with Crippen molar-refractivity contribution in [3.8, 4) is 0 Å². The number of quaternary nitrogens is 1. The summed E-state index contributed by atoms with van der Waals surface area (Å²) in [7, 11) is 3.57. The summed E-state index contributed by atoms with van der Waals surface area (Å²) in [6.07, 6.45) is 1.16. The maximum Gasteiger partial charge on any atom is 0.253 e. The van der Waals surface area contributed by atoms with E-state index in [-0.39, 0.29) is 5.91 Å². The zero-order valence-corrected chi connectivity index (χ0v) is 13.3. The first-order chi connectivity index (χ1) is 10.6. The number of amides is 1. The Bertz CT molecular complexity index is 661. The summed E-state index contributed by atoms with van der Waals surface area (Å²) in [6.45, 7) is 3.29. The van der Waals surface area contributed by atoms with Crippen molar-refractivity contribution >= 4 is 5.91 Å². The van der Waals surface area contributed by atoms with Crippen LogP contribution in [0.2, 0.25) is 0 Å². The highest BCUT2D eigenvalue weighted by Gasteiger charge is 2.19. The van der Waals surface area contributed by atoms with Crippen LogP contribution in [0.4, 0.5) is 0 Å². The van der Waals surface area contributed by atoms with Gasteiger partial charge in [-0.3, -0.25) is 4.79 Å². The number of nitrogens with zero attached hydrogens (tertiary/aromatic N) is 1. The third kappa shape index (κ3) is 3.20. The molecule has 1 aliphatic heterocycles. The van der Waals surface area contributed by atoms with E-state index in [9.17, 15) is 4.79 Å². The molecule has 3 heteroatoms. The molecule has 3 rings (SSSR count). The van der Waals surface area contributed by atoms with Crippen molar-refractivity contribution < 1.29 is 9.69 Å². The van der Waals surface area contributed by atoms with Crippen LogP contribution in [0.3, 0.4) is 0 Å². The highest BCUT2D eigenvalue weighted by atomic mass is 16.2. The summed E-state index contributed by atoms with van der Waals surface area (Å²) >= 11 is 0. The maximum absolute atomic E-state index is 11.9. The second-order valence-corrected chi connectivity index (χ2v) is 6.27. The number of benzene rings is 2. The smallest absolute Gasteiger partial charge is 0.253 e. The number of nitrogens with one attached hydrogen (secondary N) is 1. The molecule has 1 unspecified atom stereocenters. The molecule has 0 bridgehead atoms. The van der Waals surface area contributed by atoms with Crippen LogP contribution >= 0.6 is 0 Å². The lowest BCUT2D eigenvalue weighted by atomic mass is 9.99. The Labute approximate surface area is 132 Å². The van der Waals surface area contributed by atoms with Crippen molar-refractivity contribution in [3.05, 3.63) is 70.8 Å². The molecule has 1 aliphatic rings. The lowest BCUT2D eigenvalue weighted by Gasteiger charge is -2.26. The molecule has 1 amide bonds. The molecule has 2 aromatic carbocycles. The van der Waals surface area contributed by atoms with Crippen molar-refractivity contribution in [1.82, 2.24) is 4.90 Å². The fourth-order valence-electron chi connectivity index (χ4n) is 3.11. The number of rotatable bonds is 3. The lowest BCUT2D eigenvalue weighted by Crippen LogP contribution is -3.10. The van der Waals surface area contributed by atoms with Crippen LogP contribution in [0.25, 0.3) is 0 Å². The van der Waals surface area contributed by atoms with Gasteiger partial charge in [-0.05, 0) is 17.7 Å². The molecule has 3 nitrogen and oxygen atoms in total. The second-order valence-electron chi connectivity index (χ2n) is 6.27. The number of fused-ring (bicyclic) bond motifs is 1. The molecule has 1 N–H and O–H groups in total. The zero-order valence-electron chi connectivity index (χ0n) is 13.3. The quantitative estimate of drug-likeness (QED) is 0.912. The normalized spacial score (nSPS) is 16.9. The number of carbonyl (C=O) groups is 1. The predicted octanol–water partition coefficient (Wildman–Crippen LogP) is 1.53. The molecule has 114 valence electrons. The molecule has 0 spiro atoms. The van der Waals surface area contributed by atoms with Crippen molar-refractivity contribution in [2.24, 2.45) is 0 Å². The van der Waals surface area contributed by atoms with Crippen LogP contribution in [0.1, 0.15) is 27.0 Å². The van der Waals surface area contributed by atoms with E-state index in [0.29, 0.717) is 0 Å².